The Kier molecular flexibility index (Phi) is 5.02. The molecule has 0 aliphatic carbocycles. The van der Waals surface area contributed by atoms with Gasteiger partial charge in [-0.2, -0.15) is 8.42 Å². The smallest absolute Gasteiger partial charge is 0.285 e. The Balaban J connectivity index is 2.23. The molecule has 0 amide bonds. The summed E-state index contributed by atoms with van der Waals surface area (Å²) in [4.78, 5) is 0.568. The summed E-state index contributed by atoms with van der Waals surface area (Å²) in [6, 6.07) is 10.3. The number of hydrogen-bond donors (Lipinski definition) is 0. The number of allylic oxidation sites excluding steroid dienone is 1. The molecule has 0 saturated carbocycles. The number of ether oxygens (including phenoxy) is 1. The van der Waals surface area contributed by atoms with Crippen LogP contribution in [0.1, 0.15) is 11.1 Å². The lowest BCUT2D eigenvalue weighted by Gasteiger charge is -2.04. The van der Waals surface area contributed by atoms with E-state index in [0.29, 0.717) is 17.1 Å². The third kappa shape index (κ3) is 3.45. The van der Waals surface area contributed by atoms with Crippen molar-refractivity contribution < 1.29 is 13.2 Å². The number of methoxy groups -OCH3 is 1. The molecule has 0 radical (unpaired) electrons. The predicted octanol–water partition coefficient (Wildman–Crippen LogP) is 3.80. The maximum atomic E-state index is 12.7. The zero-order chi connectivity index (χ0) is 18.9. The van der Waals surface area contributed by atoms with Crippen LogP contribution in [-0.2, 0) is 16.6 Å². The van der Waals surface area contributed by atoms with Gasteiger partial charge in [0.15, 0.2) is 0 Å². The van der Waals surface area contributed by atoms with E-state index in [9.17, 15) is 8.42 Å². The van der Waals surface area contributed by atoms with E-state index in [-0.39, 0.29) is 4.90 Å². The molecule has 2 aromatic carbocycles. The van der Waals surface area contributed by atoms with Crippen LogP contribution in [0.5, 0.6) is 5.75 Å². The Bertz CT molecular complexity index is 1140. The van der Waals surface area contributed by atoms with Crippen LogP contribution in [0.3, 0.4) is 0 Å². The van der Waals surface area contributed by atoms with Gasteiger partial charge in [-0.05, 0) is 55.3 Å². The van der Waals surface area contributed by atoms with Crippen molar-refractivity contribution in [1.29, 1.82) is 0 Å². The Hall–Kier alpha value is -2.38. The lowest BCUT2D eigenvalue weighted by atomic mass is 10.1. The van der Waals surface area contributed by atoms with E-state index in [0.717, 1.165) is 21.3 Å². The van der Waals surface area contributed by atoms with Crippen LogP contribution < -0.4 is 9.54 Å². The normalized spacial score (nSPS) is 12.5. The third-order valence-electron chi connectivity index (χ3n) is 3.98. The largest absolute Gasteiger partial charge is 0.497 e. The molecule has 0 aliphatic rings. The summed E-state index contributed by atoms with van der Waals surface area (Å²) in [6.07, 6.45) is 1.74. The zero-order valence-corrected chi connectivity index (χ0v) is 16.5. The average Bonchev–Trinajstić information content (AvgIpc) is 2.93. The number of rotatable bonds is 5. The molecule has 136 valence electrons. The van der Waals surface area contributed by atoms with Crippen molar-refractivity contribution in [3.63, 3.8) is 0 Å². The summed E-state index contributed by atoms with van der Waals surface area (Å²) in [5.74, 6) is 0.596. The lowest BCUT2D eigenvalue weighted by Crippen LogP contribution is -2.16. The van der Waals surface area contributed by atoms with Gasteiger partial charge in [-0.15, -0.1) is 11.0 Å². The van der Waals surface area contributed by atoms with Gasteiger partial charge in [-0.25, -0.2) is 0 Å². The first-order valence-corrected chi connectivity index (χ1v) is 10.3. The van der Waals surface area contributed by atoms with Crippen molar-refractivity contribution in [1.82, 2.24) is 4.57 Å². The minimum absolute atomic E-state index is 0.133. The number of benzene rings is 2. The molecule has 1 heterocycles. The first-order chi connectivity index (χ1) is 12.4. The van der Waals surface area contributed by atoms with Crippen LogP contribution in [0.15, 0.2) is 58.3 Å². The summed E-state index contributed by atoms with van der Waals surface area (Å²) in [6.45, 7) is 8.31. The molecule has 0 saturated heterocycles. The van der Waals surface area contributed by atoms with Gasteiger partial charge in [0.2, 0.25) is 4.80 Å². The number of aryl methyl sites for hydroxylation is 2. The van der Waals surface area contributed by atoms with Crippen molar-refractivity contribution >= 4 is 31.6 Å². The monoisotopic (exact) mass is 388 g/mol. The summed E-state index contributed by atoms with van der Waals surface area (Å²) >= 11 is 1.37. The van der Waals surface area contributed by atoms with Crippen LogP contribution in [-0.4, -0.2) is 20.1 Å². The van der Waals surface area contributed by atoms with Crippen LogP contribution in [0.4, 0.5) is 0 Å². The maximum absolute atomic E-state index is 12.7. The van der Waals surface area contributed by atoms with Crippen LogP contribution in [0.2, 0.25) is 0 Å². The highest BCUT2D eigenvalue weighted by molar-refractivity contribution is 7.90. The number of nitrogens with zero attached hydrogens (tertiary/aromatic N) is 2. The van der Waals surface area contributed by atoms with Crippen molar-refractivity contribution in [2.75, 3.05) is 7.11 Å². The standard InChI is InChI=1S/C19H20N2O3S2/c1-5-10-21-17-12-13(2)11-14(3)18(17)25-19(21)20-26(22,23)16-8-6-15(24-4)7-9-16/h5-9,11-12H,1,10H2,2-4H3. The molecular formula is C19H20N2O3S2. The quantitative estimate of drug-likeness (QED) is 0.625. The number of aromatic nitrogens is 1. The Labute approximate surface area is 157 Å². The van der Waals surface area contributed by atoms with Gasteiger partial charge >= 0.3 is 0 Å². The average molecular weight is 389 g/mol. The SMILES string of the molecule is C=CCn1c(=NS(=O)(=O)c2ccc(OC)cc2)sc2c(C)cc(C)cc21. The zero-order valence-electron chi connectivity index (χ0n) is 14.9. The molecule has 0 spiro atoms. The van der Waals surface area contributed by atoms with Gasteiger partial charge in [0.25, 0.3) is 10.0 Å². The molecular weight excluding hydrogens is 368 g/mol. The number of sulfonamides is 1. The van der Waals surface area contributed by atoms with Crippen molar-refractivity contribution in [2.45, 2.75) is 25.3 Å². The molecule has 0 fully saturated rings. The Morgan fingerprint density at radius 1 is 1.23 bits per heavy atom. The highest BCUT2D eigenvalue weighted by atomic mass is 32.2. The molecule has 3 rings (SSSR count). The first kappa shape index (κ1) is 18.4. The number of thiazole rings is 1. The molecule has 0 aliphatic heterocycles. The molecule has 0 unspecified atom stereocenters. The number of hydrogen-bond acceptors (Lipinski definition) is 4. The second kappa shape index (κ2) is 7.09. The van der Waals surface area contributed by atoms with E-state index < -0.39 is 10.0 Å². The summed E-state index contributed by atoms with van der Waals surface area (Å²) in [5.41, 5.74) is 3.19. The summed E-state index contributed by atoms with van der Waals surface area (Å²) in [7, 11) is -2.29. The topological polar surface area (TPSA) is 60.7 Å². The second-order valence-corrected chi connectivity index (χ2v) is 8.54. The molecule has 0 bridgehead atoms. The second-order valence-electron chi connectivity index (χ2n) is 5.96. The van der Waals surface area contributed by atoms with Gasteiger partial charge in [-0.1, -0.05) is 23.5 Å². The minimum atomic E-state index is -3.83. The van der Waals surface area contributed by atoms with E-state index in [4.69, 9.17) is 4.74 Å². The maximum Gasteiger partial charge on any atom is 0.285 e. The predicted molar refractivity (Wildman–Crippen MR) is 105 cm³/mol. The van der Waals surface area contributed by atoms with Gasteiger partial charge in [0, 0.05) is 6.54 Å². The Morgan fingerprint density at radius 2 is 1.92 bits per heavy atom. The number of fused-ring (bicyclic) bond motifs is 1. The summed E-state index contributed by atoms with van der Waals surface area (Å²) in [5, 5.41) is 0. The van der Waals surface area contributed by atoms with Crippen LogP contribution in [0, 0.1) is 13.8 Å². The molecule has 26 heavy (non-hydrogen) atoms. The fourth-order valence-electron chi connectivity index (χ4n) is 2.79. The molecule has 1 aromatic heterocycles. The van der Waals surface area contributed by atoms with E-state index in [2.05, 4.69) is 17.0 Å². The van der Waals surface area contributed by atoms with Gasteiger partial charge < -0.3 is 9.30 Å². The molecule has 5 nitrogen and oxygen atoms in total. The van der Waals surface area contributed by atoms with E-state index in [1.165, 1.54) is 30.6 Å². The molecule has 0 atom stereocenters. The highest BCUT2D eigenvalue weighted by Gasteiger charge is 2.15. The van der Waals surface area contributed by atoms with Crippen molar-refractivity contribution in [3.05, 3.63) is 65.0 Å². The fourth-order valence-corrected chi connectivity index (χ4v) is 5.08. The molecule has 7 heteroatoms. The molecule has 0 N–H and O–H groups in total. The van der Waals surface area contributed by atoms with Gasteiger partial charge in [0.1, 0.15) is 5.75 Å². The van der Waals surface area contributed by atoms with E-state index in [1.807, 2.05) is 24.5 Å². The minimum Gasteiger partial charge on any atom is -0.497 e. The van der Waals surface area contributed by atoms with Gasteiger partial charge in [-0.3, -0.25) is 0 Å². The lowest BCUT2D eigenvalue weighted by molar-refractivity contribution is 0.414. The van der Waals surface area contributed by atoms with Crippen molar-refractivity contribution in [2.24, 2.45) is 4.40 Å². The van der Waals surface area contributed by atoms with Crippen molar-refractivity contribution in [3.8, 4) is 5.75 Å². The van der Waals surface area contributed by atoms with E-state index >= 15 is 0 Å². The molecule has 3 aromatic rings. The van der Waals surface area contributed by atoms with Crippen LogP contribution >= 0.6 is 11.3 Å². The Morgan fingerprint density at radius 3 is 2.54 bits per heavy atom. The fraction of sp³-hybridized carbons (Fsp3) is 0.211. The highest BCUT2D eigenvalue weighted by Crippen LogP contribution is 2.24. The van der Waals surface area contributed by atoms with Crippen LogP contribution in [0.25, 0.3) is 10.2 Å². The first-order valence-electron chi connectivity index (χ1n) is 8.02. The summed E-state index contributed by atoms with van der Waals surface area (Å²) < 4.78 is 37.6. The van der Waals surface area contributed by atoms with E-state index in [1.54, 1.807) is 18.2 Å². The van der Waals surface area contributed by atoms with Gasteiger partial charge in [0.05, 0.1) is 22.2 Å². The third-order valence-corrected chi connectivity index (χ3v) is 6.61.